The maximum atomic E-state index is 14.0. The van der Waals surface area contributed by atoms with E-state index in [4.69, 9.17) is 9.90 Å². The van der Waals surface area contributed by atoms with Gasteiger partial charge in [-0.3, -0.25) is 5.10 Å². The van der Waals surface area contributed by atoms with Crippen molar-refractivity contribution in [3.63, 3.8) is 0 Å². The van der Waals surface area contributed by atoms with E-state index in [1.807, 2.05) is 0 Å². The molecule has 1 fully saturated rings. The van der Waals surface area contributed by atoms with Crippen LogP contribution in [0.25, 0.3) is 0 Å². The molecule has 3 N–H and O–H groups in total. The third-order valence-electron chi connectivity index (χ3n) is 5.69. The maximum Gasteiger partial charge on any atom is 0.490 e. The predicted octanol–water partition coefficient (Wildman–Crippen LogP) is 2.95. The van der Waals surface area contributed by atoms with Crippen molar-refractivity contribution >= 4 is 16.0 Å². The molecule has 17 heteroatoms. The summed E-state index contributed by atoms with van der Waals surface area (Å²) in [5.41, 5.74) is 2.88. The molecule has 0 aliphatic carbocycles. The van der Waals surface area contributed by atoms with Gasteiger partial charge in [-0.25, -0.2) is 35.2 Å². The van der Waals surface area contributed by atoms with Crippen molar-refractivity contribution in [2.75, 3.05) is 19.6 Å². The molecule has 36 heavy (non-hydrogen) atoms. The Morgan fingerprint density at radius 2 is 1.47 bits per heavy atom. The molecule has 2 aromatic rings. The van der Waals surface area contributed by atoms with E-state index in [1.165, 1.54) is 0 Å². The van der Waals surface area contributed by atoms with Crippen molar-refractivity contribution in [2.24, 2.45) is 0 Å². The Morgan fingerprint density at radius 1 is 0.972 bits per heavy atom. The van der Waals surface area contributed by atoms with Crippen LogP contribution in [0.2, 0.25) is 0 Å². The van der Waals surface area contributed by atoms with E-state index in [0.29, 0.717) is 19.4 Å². The van der Waals surface area contributed by atoms with Gasteiger partial charge in [-0.05, 0) is 12.8 Å². The molecule has 0 radical (unpaired) electrons. The molecule has 1 aromatic carbocycles. The summed E-state index contributed by atoms with van der Waals surface area (Å²) < 4.78 is 126. The van der Waals surface area contributed by atoms with E-state index in [0.717, 1.165) is 34.2 Å². The number of hydrogen-bond donors (Lipinski definition) is 3. The number of hydrogen-bond acceptors (Lipinski definition) is 5. The van der Waals surface area contributed by atoms with Crippen molar-refractivity contribution in [1.82, 2.24) is 19.8 Å². The van der Waals surface area contributed by atoms with Gasteiger partial charge in [0.05, 0.1) is 5.69 Å². The SMILES string of the molecule is O=C(O)C(F)(F)F.O=S(=O)(c1c(F)c(F)c(F)c(F)c1F)N1CCC(c2n[nH]c3c2CNCC3)CC1. The van der Waals surface area contributed by atoms with Crippen LogP contribution in [0.15, 0.2) is 4.90 Å². The van der Waals surface area contributed by atoms with Crippen molar-refractivity contribution in [3.8, 4) is 0 Å². The largest absolute Gasteiger partial charge is 0.490 e. The minimum atomic E-state index is -5.08. The highest BCUT2D eigenvalue weighted by Gasteiger charge is 2.40. The van der Waals surface area contributed by atoms with Gasteiger partial charge in [0, 0.05) is 49.8 Å². The molecular weight excluding hydrogens is 532 g/mol. The first kappa shape index (κ1) is 27.8. The molecule has 200 valence electrons. The van der Waals surface area contributed by atoms with Crippen LogP contribution < -0.4 is 5.32 Å². The number of H-pyrrole nitrogens is 1. The van der Waals surface area contributed by atoms with E-state index < -0.39 is 56.2 Å². The van der Waals surface area contributed by atoms with Crippen molar-refractivity contribution in [2.45, 2.75) is 42.8 Å². The van der Waals surface area contributed by atoms with Gasteiger partial charge in [0.25, 0.3) is 0 Å². The molecule has 0 atom stereocenters. The van der Waals surface area contributed by atoms with Gasteiger partial charge in [0.15, 0.2) is 28.2 Å². The van der Waals surface area contributed by atoms with Crippen molar-refractivity contribution in [3.05, 3.63) is 46.0 Å². The number of piperidine rings is 1. The van der Waals surface area contributed by atoms with Gasteiger partial charge < -0.3 is 10.4 Å². The molecular formula is C19H18F8N4O4S. The van der Waals surface area contributed by atoms with Crippen molar-refractivity contribution in [1.29, 1.82) is 0 Å². The fourth-order valence-electron chi connectivity index (χ4n) is 3.90. The fraction of sp³-hybridized carbons (Fsp3) is 0.474. The van der Waals surface area contributed by atoms with Crippen LogP contribution >= 0.6 is 0 Å². The smallest absolute Gasteiger partial charge is 0.475 e. The lowest BCUT2D eigenvalue weighted by atomic mass is 9.90. The topological polar surface area (TPSA) is 115 Å². The monoisotopic (exact) mass is 550 g/mol. The van der Waals surface area contributed by atoms with E-state index in [2.05, 4.69) is 15.5 Å². The number of halogens is 8. The fourth-order valence-corrected chi connectivity index (χ4v) is 5.48. The number of nitrogens with zero attached hydrogens (tertiary/aromatic N) is 2. The zero-order valence-electron chi connectivity index (χ0n) is 18.0. The van der Waals surface area contributed by atoms with Crippen molar-refractivity contribution < 1.29 is 53.4 Å². The second-order valence-electron chi connectivity index (χ2n) is 7.87. The van der Waals surface area contributed by atoms with Gasteiger partial charge in [-0.1, -0.05) is 0 Å². The number of alkyl halides is 3. The number of aromatic nitrogens is 2. The molecule has 3 heterocycles. The number of nitrogens with one attached hydrogen (secondary N) is 2. The average Bonchev–Trinajstić information content (AvgIpc) is 3.25. The summed E-state index contributed by atoms with van der Waals surface area (Å²) in [5.74, 6) is -14.5. The van der Waals surface area contributed by atoms with E-state index in [-0.39, 0.29) is 19.0 Å². The van der Waals surface area contributed by atoms with Crippen LogP contribution in [0, 0.1) is 29.1 Å². The Bertz CT molecular complexity index is 1230. The number of rotatable bonds is 3. The first-order valence-electron chi connectivity index (χ1n) is 10.3. The number of carbonyl (C=O) groups is 1. The molecule has 2 aliphatic rings. The van der Waals surface area contributed by atoms with Gasteiger partial charge in [-0.2, -0.15) is 22.6 Å². The Morgan fingerprint density at radius 3 is 1.97 bits per heavy atom. The zero-order chi connectivity index (χ0) is 27.0. The third-order valence-corrected chi connectivity index (χ3v) is 7.61. The van der Waals surface area contributed by atoms with Crippen LogP contribution in [0.1, 0.15) is 35.7 Å². The minimum Gasteiger partial charge on any atom is -0.475 e. The summed E-state index contributed by atoms with van der Waals surface area (Å²) in [5, 5.41) is 17.7. The summed E-state index contributed by atoms with van der Waals surface area (Å²) in [6, 6.07) is 0. The Kier molecular flexibility index (Phi) is 7.95. The predicted molar refractivity (Wildman–Crippen MR) is 105 cm³/mol. The Balaban J connectivity index is 0.000000454. The number of carboxylic acid groups (broad SMARTS) is 1. The first-order chi connectivity index (χ1) is 16.7. The molecule has 1 saturated heterocycles. The Hall–Kier alpha value is -2.79. The van der Waals surface area contributed by atoms with Crippen LogP contribution in [-0.2, 0) is 27.8 Å². The normalized spacial score (nSPS) is 17.3. The van der Waals surface area contributed by atoms with Gasteiger partial charge in [0.1, 0.15) is 0 Å². The number of fused-ring (bicyclic) bond motifs is 1. The zero-order valence-corrected chi connectivity index (χ0v) is 18.8. The molecule has 0 saturated carbocycles. The lowest BCUT2D eigenvalue weighted by molar-refractivity contribution is -0.192. The summed E-state index contributed by atoms with van der Waals surface area (Å²) in [6.45, 7) is 1.22. The summed E-state index contributed by atoms with van der Waals surface area (Å²) >= 11 is 0. The average molecular weight is 550 g/mol. The molecule has 0 spiro atoms. The quantitative estimate of drug-likeness (QED) is 0.308. The van der Waals surface area contributed by atoms with Gasteiger partial charge in [-0.15, -0.1) is 0 Å². The van der Waals surface area contributed by atoms with E-state index >= 15 is 0 Å². The summed E-state index contributed by atoms with van der Waals surface area (Å²) in [6.07, 6.45) is -3.66. The molecule has 2 aliphatic heterocycles. The van der Waals surface area contributed by atoms with Gasteiger partial charge in [0.2, 0.25) is 15.8 Å². The highest BCUT2D eigenvalue weighted by molar-refractivity contribution is 7.89. The summed E-state index contributed by atoms with van der Waals surface area (Å²) in [4.78, 5) is 7.08. The first-order valence-corrected chi connectivity index (χ1v) is 11.7. The molecule has 0 amide bonds. The number of sulfonamides is 1. The molecule has 1 aromatic heterocycles. The van der Waals surface area contributed by atoms with E-state index in [1.54, 1.807) is 0 Å². The van der Waals surface area contributed by atoms with Crippen LogP contribution in [0.4, 0.5) is 35.1 Å². The lowest BCUT2D eigenvalue weighted by Crippen LogP contribution is -2.39. The number of carboxylic acids is 1. The second kappa shape index (κ2) is 10.3. The van der Waals surface area contributed by atoms with E-state index in [9.17, 15) is 43.5 Å². The molecule has 0 unspecified atom stereocenters. The second-order valence-corrected chi connectivity index (χ2v) is 9.75. The number of benzene rings is 1. The summed E-state index contributed by atoms with van der Waals surface area (Å²) in [7, 11) is -4.90. The number of aromatic amines is 1. The van der Waals surface area contributed by atoms with Crippen LogP contribution in [0.5, 0.6) is 0 Å². The molecule has 0 bridgehead atoms. The molecule has 8 nitrogen and oxygen atoms in total. The van der Waals surface area contributed by atoms with Crippen LogP contribution in [0.3, 0.4) is 0 Å². The van der Waals surface area contributed by atoms with Crippen LogP contribution in [-0.4, -0.2) is 59.8 Å². The standard InChI is InChI=1S/C17H17F5N4O2S.C2HF3O2/c18-11-12(19)14(21)17(15(22)13(11)20)29(27,28)26-5-2-8(3-6-26)16-9-7-23-4-1-10(9)24-25-16;3-2(4,5)1(6)7/h8,23H,1-7H2,(H,24,25);(H,6,7). The minimum absolute atomic E-state index is 0.0715. The highest BCUT2D eigenvalue weighted by Crippen LogP contribution is 2.35. The molecule has 4 rings (SSSR count). The maximum absolute atomic E-state index is 14.0. The lowest BCUT2D eigenvalue weighted by Gasteiger charge is -2.31. The van der Waals surface area contributed by atoms with Gasteiger partial charge >= 0.3 is 12.1 Å². The third kappa shape index (κ3) is 5.31. The Labute approximate surface area is 198 Å². The highest BCUT2D eigenvalue weighted by atomic mass is 32.2. The number of aliphatic carboxylic acids is 1.